The minimum Gasteiger partial charge on any atom is -0.322 e. The number of halogens is 1. The summed E-state index contributed by atoms with van der Waals surface area (Å²) in [6.07, 6.45) is 0. The van der Waals surface area contributed by atoms with Gasteiger partial charge in [0.05, 0.1) is 25.7 Å². The molecule has 1 aromatic heterocycles. The van der Waals surface area contributed by atoms with Crippen LogP contribution in [0.4, 0.5) is 11.4 Å². The molecule has 128 valence electrons. The van der Waals surface area contributed by atoms with Gasteiger partial charge in [-0.05, 0) is 31.2 Å². The maximum atomic E-state index is 12.4. The van der Waals surface area contributed by atoms with Crippen LogP contribution in [0.2, 0.25) is 5.02 Å². The second-order valence-corrected chi connectivity index (χ2v) is 6.57. The fourth-order valence-corrected chi connectivity index (χ4v) is 3.70. The number of benzene rings is 2. The first-order valence-electron chi connectivity index (χ1n) is 7.29. The molecule has 0 saturated heterocycles. The largest absolute Gasteiger partial charge is 0.322 e. The van der Waals surface area contributed by atoms with Crippen molar-refractivity contribution in [3.05, 3.63) is 66.8 Å². The number of non-ortho nitro benzene ring substituents is 1. The number of nitrogens with one attached hydrogen (secondary N) is 1. The summed E-state index contributed by atoms with van der Waals surface area (Å²) in [4.78, 5) is 34.3. The van der Waals surface area contributed by atoms with Crippen LogP contribution in [0.15, 0.2) is 41.2 Å². The van der Waals surface area contributed by atoms with Crippen LogP contribution in [0.1, 0.15) is 17.3 Å². The van der Waals surface area contributed by atoms with Gasteiger partial charge in [0, 0.05) is 24.4 Å². The van der Waals surface area contributed by atoms with E-state index in [1.165, 1.54) is 12.1 Å². The van der Waals surface area contributed by atoms with Crippen molar-refractivity contribution in [1.29, 1.82) is 0 Å². The van der Waals surface area contributed by atoms with Crippen molar-refractivity contribution in [2.75, 3.05) is 5.32 Å². The highest BCUT2D eigenvalue weighted by molar-refractivity contribution is 7.16. The number of aromatic nitrogens is 1. The summed E-state index contributed by atoms with van der Waals surface area (Å²) in [5.74, 6) is -0.485. The number of aryl methyl sites for hydroxylation is 1. The van der Waals surface area contributed by atoms with Crippen molar-refractivity contribution < 1.29 is 9.72 Å². The molecule has 0 bridgehead atoms. The molecule has 0 unspecified atom stereocenters. The van der Waals surface area contributed by atoms with Crippen molar-refractivity contribution >= 4 is 50.4 Å². The van der Waals surface area contributed by atoms with Crippen LogP contribution in [0.3, 0.4) is 0 Å². The number of carbonyl (C=O) groups is 1. The normalized spacial score (nSPS) is 10.8. The van der Waals surface area contributed by atoms with Gasteiger partial charge in [-0.3, -0.25) is 24.3 Å². The third-order valence-corrected chi connectivity index (χ3v) is 4.91. The molecule has 1 N–H and O–H groups in total. The first-order valence-corrected chi connectivity index (χ1v) is 8.49. The van der Waals surface area contributed by atoms with E-state index in [9.17, 15) is 19.7 Å². The molecule has 3 rings (SSSR count). The first-order chi connectivity index (χ1) is 11.9. The molecule has 0 aliphatic carbocycles. The molecule has 0 fully saturated rings. The van der Waals surface area contributed by atoms with E-state index in [0.717, 1.165) is 27.6 Å². The quantitative estimate of drug-likeness (QED) is 0.551. The number of amides is 1. The molecule has 1 heterocycles. The van der Waals surface area contributed by atoms with Crippen LogP contribution in [0, 0.1) is 10.1 Å². The molecule has 0 atom stereocenters. The fourth-order valence-electron chi connectivity index (χ4n) is 2.44. The summed E-state index contributed by atoms with van der Waals surface area (Å²) in [6.45, 7) is 2.46. The second-order valence-electron chi connectivity index (χ2n) is 5.17. The molecular weight excluding hydrogens is 366 g/mol. The van der Waals surface area contributed by atoms with Crippen LogP contribution >= 0.6 is 22.9 Å². The van der Waals surface area contributed by atoms with E-state index in [2.05, 4.69) is 5.32 Å². The number of rotatable bonds is 4. The number of nitrogens with zero attached hydrogens (tertiary/aromatic N) is 2. The summed E-state index contributed by atoms with van der Waals surface area (Å²) >= 11 is 7.07. The van der Waals surface area contributed by atoms with Crippen LogP contribution < -0.4 is 10.2 Å². The van der Waals surface area contributed by atoms with Gasteiger partial charge in [0.25, 0.3) is 11.6 Å². The van der Waals surface area contributed by atoms with Gasteiger partial charge in [-0.15, -0.1) is 0 Å². The fraction of sp³-hybridized carbons (Fsp3) is 0.125. The minimum absolute atomic E-state index is 0.00503. The van der Waals surface area contributed by atoms with Gasteiger partial charge in [-0.1, -0.05) is 22.9 Å². The Bertz CT molecular complexity index is 1060. The zero-order valence-corrected chi connectivity index (χ0v) is 14.6. The van der Waals surface area contributed by atoms with E-state index in [4.69, 9.17) is 11.6 Å². The second kappa shape index (κ2) is 6.66. The van der Waals surface area contributed by atoms with Crippen molar-refractivity contribution in [1.82, 2.24) is 4.57 Å². The van der Waals surface area contributed by atoms with Gasteiger partial charge in [0.15, 0.2) is 0 Å². The van der Waals surface area contributed by atoms with Gasteiger partial charge >= 0.3 is 4.87 Å². The zero-order chi connectivity index (χ0) is 18.1. The van der Waals surface area contributed by atoms with Crippen LogP contribution in [0.25, 0.3) is 10.2 Å². The van der Waals surface area contributed by atoms with Gasteiger partial charge in [0.2, 0.25) is 0 Å². The summed E-state index contributed by atoms with van der Waals surface area (Å²) in [5.41, 5.74) is 1.26. The summed E-state index contributed by atoms with van der Waals surface area (Å²) in [7, 11) is 0. The standard InChI is InChI=1S/C16H12ClN3O4S/c1-2-19-13-6-3-9(7-14(13)25-16(19)22)18-15(21)11-5-4-10(20(23)24)8-12(11)17/h3-8H,2H2,1H3,(H,18,21). The molecule has 0 radical (unpaired) electrons. The Kier molecular flexibility index (Phi) is 4.56. The molecule has 0 aliphatic heterocycles. The minimum atomic E-state index is -0.582. The number of nitro benzene ring substituents is 1. The number of thiazole rings is 1. The third-order valence-electron chi connectivity index (χ3n) is 3.65. The highest BCUT2D eigenvalue weighted by atomic mass is 35.5. The molecule has 3 aromatic rings. The van der Waals surface area contributed by atoms with Crippen molar-refractivity contribution in [2.45, 2.75) is 13.5 Å². The molecule has 0 saturated carbocycles. The Morgan fingerprint density at radius 3 is 2.72 bits per heavy atom. The van der Waals surface area contributed by atoms with Crippen LogP contribution in [-0.2, 0) is 6.54 Å². The lowest BCUT2D eigenvalue weighted by Gasteiger charge is -2.07. The van der Waals surface area contributed by atoms with E-state index in [1.54, 1.807) is 22.8 Å². The average Bonchev–Trinajstić information content (AvgIpc) is 2.88. The van der Waals surface area contributed by atoms with E-state index in [1.807, 2.05) is 6.92 Å². The first kappa shape index (κ1) is 17.1. The molecule has 7 nitrogen and oxygen atoms in total. The Hall–Kier alpha value is -2.71. The summed E-state index contributed by atoms with van der Waals surface area (Å²) in [5, 5.41) is 13.4. The Balaban J connectivity index is 1.89. The number of hydrogen-bond donors (Lipinski definition) is 1. The van der Waals surface area contributed by atoms with Crippen molar-refractivity contribution in [2.24, 2.45) is 0 Å². The smallest absolute Gasteiger partial charge is 0.308 e. The van der Waals surface area contributed by atoms with E-state index in [-0.39, 0.29) is 21.1 Å². The third kappa shape index (κ3) is 3.26. The molecule has 9 heteroatoms. The number of nitro groups is 1. The zero-order valence-electron chi connectivity index (χ0n) is 13.0. The van der Waals surface area contributed by atoms with Crippen LogP contribution in [0.5, 0.6) is 0 Å². The molecule has 1 amide bonds. The van der Waals surface area contributed by atoms with E-state index < -0.39 is 10.8 Å². The average molecular weight is 378 g/mol. The number of anilines is 1. The highest BCUT2D eigenvalue weighted by Crippen LogP contribution is 2.25. The molecule has 25 heavy (non-hydrogen) atoms. The Labute approximate surface area is 150 Å². The van der Waals surface area contributed by atoms with Gasteiger partial charge in [-0.2, -0.15) is 0 Å². The molecule has 0 spiro atoms. The molecular formula is C16H12ClN3O4S. The Morgan fingerprint density at radius 1 is 1.32 bits per heavy atom. The lowest BCUT2D eigenvalue weighted by Crippen LogP contribution is -2.12. The number of hydrogen-bond acceptors (Lipinski definition) is 5. The van der Waals surface area contributed by atoms with Gasteiger partial charge in [0.1, 0.15) is 0 Å². The maximum Gasteiger partial charge on any atom is 0.308 e. The lowest BCUT2D eigenvalue weighted by molar-refractivity contribution is -0.384. The lowest BCUT2D eigenvalue weighted by atomic mass is 10.2. The molecule has 2 aromatic carbocycles. The summed E-state index contributed by atoms with van der Waals surface area (Å²) in [6, 6.07) is 8.83. The number of carbonyl (C=O) groups excluding carboxylic acids is 1. The van der Waals surface area contributed by atoms with E-state index in [0.29, 0.717) is 12.2 Å². The van der Waals surface area contributed by atoms with E-state index >= 15 is 0 Å². The Morgan fingerprint density at radius 2 is 2.08 bits per heavy atom. The van der Waals surface area contributed by atoms with Crippen LogP contribution in [-0.4, -0.2) is 15.4 Å². The van der Waals surface area contributed by atoms with Crippen molar-refractivity contribution in [3.63, 3.8) is 0 Å². The monoisotopic (exact) mass is 377 g/mol. The maximum absolute atomic E-state index is 12.4. The SMILES string of the molecule is CCn1c(=O)sc2cc(NC(=O)c3ccc([N+](=O)[O-])cc3Cl)ccc21. The van der Waals surface area contributed by atoms with Crippen molar-refractivity contribution in [3.8, 4) is 0 Å². The topological polar surface area (TPSA) is 94.2 Å². The molecule has 0 aliphatic rings. The number of fused-ring (bicyclic) bond motifs is 1. The predicted octanol–water partition coefficient (Wildman–Crippen LogP) is 3.90. The summed E-state index contributed by atoms with van der Waals surface area (Å²) < 4.78 is 2.41. The highest BCUT2D eigenvalue weighted by Gasteiger charge is 2.15. The predicted molar refractivity (Wildman–Crippen MR) is 97.8 cm³/mol. The van der Waals surface area contributed by atoms with Gasteiger partial charge < -0.3 is 5.32 Å². The van der Waals surface area contributed by atoms with Gasteiger partial charge in [-0.25, -0.2) is 0 Å².